The third-order valence-corrected chi connectivity index (χ3v) is 3.91. The maximum atomic E-state index is 12.4. The fourth-order valence-electron chi connectivity index (χ4n) is 2.81. The van der Waals surface area contributed by atoms with E-state index in [1.54, 1.807) is 7.05 Å². The van der Waals surface area contributed by atoms with E-state index in [0.29, 0.717) is 43.2 Å². The Morgan fingerprint density at radius 3 is 2.57 bits per heavy atom. The molecule has 2 aromatic rings. The van der Waals surface area contributed by atoms with E-state index in [4.69, 9.17) is 4.74 Å². The topological polar surface area (TPSA) is 76.8 Å². The Balaban J connectivity index is 2.24. The average molecular weight is 314 g/mol. The maximum Gasteiger partial charge on any atom is 0.273 e. The number of aryl methyl sites for hydroxylation is 1. The van der Waals surface area contributed by atoms with Gasteiger partial charge in [0.25, 0.3) is 5.56 Å². The lowest BCUT2D eigenvalue weighted by molar-refractivity contribution is 0.122. The molecule has 0 aliphatic carbocycles. The molecule has 0 radical (unpaired) electrons. The highest BCUT2D eigenvalue weighted by Crippen LogP contribution is 2.31. The molecule has 0 saturated carbocycles. The van der Waals surface area contributed by atoms with E-state index < -0.39 is 0 Å². The van der Waals surface area contributed by atoms with Crippen LogP contribution in [0.15, 0.2) is 40.3 Å². The zero-order valence-corrected chi connectivity index (χ0v) is 12.9. The zero-order chi connectivity index (χ0) is 16.2. The van der Waals surface area contributed by atoms with Crippen molar-refractivity contribution in [1.82, 2.24) is 9.78 Å². The Kier molecular flexibility index (Phi) is 4.47. The van der Waals surface area contributed by atoms with Crippen molar-refractivity contribution in [2.45, 2.75) is 6.54 Å². The van der Waals surface area contributed by atoms with E-state index in [9.17, 15) is 9.70 Å². The lowest BCUT2D eigenvalue weighted by atomic mass is 10.1. The van der Waals surface area contributed by atoms with Crippen molar-refractivity contribution in [2.24, 2.45) is 12.2 Å². The molecule has 1 fully saturated rings. The SMILES string of the molecule is Cn1nc(-c2ccccc2)c(N2CCOCC2)c(CN=O)c1=O. The quantitative estimate of drug-likeness (QED) is 0.800. The lowest BCUT2D eigenvalue weighted by Crippen LogP contribution is -2.39. The van der Waals surface area contributed by atoms with Gasteiger partial charge in [0.2, 0.25) is 0 Å². The predicted molar refractivity (Wildman–Crippen MR) is 87.4 cm³/mol. The van der Waals surface area contributed by atoms with Gasteiger partial charge in [-0.15, -0.1) is 0 Å². The van der Waals surface area contributed by atoms with Crippen LogP contribution in [-0.4, -0.2) is 36.1 Å². The summed E-state index contributed by atoms with van der Waals surface area (Å²) < 4.78 is 6.66. The molecule has 3 rings (SSSR count). The summed E-state index contributed by atoms with van der Waals surface area (Å²) in [6.45, 7) is 2.30. The van der Waals surface area contributed by atoms with Gasteiger partial charge in [-0.1, -0.05) is 35.5 Å². The van der Waals surface area contributed by atoms with Crippen LogP contribution >= 0.6 is 0 Å². The highest BCUT2D eigenvalue weighted by molar-refractivity contribution is 5.77. The van der Waals surface area contributed by atoms with Crippen molar-refractivity contribution in [1.29, 1.82) is 0 Å². The van der Waals surface area contributed by atoms with Crippen LogP contribution in [0.1, 0.15) is 5.56 Å². The molecule has 7 nitrogen and oxygen atoms in total. The number of rotatable bonds is 4. The molecule has 0 unspecified atom stereocenters. The van der Waals surface area contributed by atoms with E-state index >= 15 is 0 Å². The number of aromatic nitrogens is 2. The second-order valence-corrected chi connectivity index (χ2v) is 5.36. The third kappa shape index (κ3) is 3.00. The minimum absolute atomic E-state index is 0.165. The first-order chi connectivity index (χ1) is 11.2. The summed E-state index contributed by atoms with van der Waals surface area (Å²) in [7, 11) is 1.59. The summed E-state index contributed by atoms with van der Waals surface area (Å²) in [6, 6.07) is 9.64. The largest absolute Gasteiger partial charge is 0.378 e. The monoisotopic (exact) mass is 314 g/mol. The Hall–Kier alpha value is -2.54. The Morgan fingerprint density at radius 1 is 1.22 bits per heavy atom. The van der Waals surface area contributed by atoms with E-state index in [1.165, 1.54) is 4.68 Å². The van der Waals surface area contributed by atoms with Crippen LogP contribution in [0.3, 0.4) is 0 Å². The second kappa shape index (κ2) is 6.70. The molecule has 1 aliphatic rings. The molecule has 120 valence electrons. The summed E-state index contributed by atoms with van der Waals surface area (Å²) in [5, 5.41) is 7.39. The number of anilines is 1. The molecule has 0 N–H and O–H groups in total. The molecule has 0 spiro atoms. The number of hydrogen-bond donors (Lipinski definition) is 0. The molecule has 0 bridgehead atoms. The molecule has 2 heterocycles. The Morgan fingerprint density at radius 2 is 1.91 bits per heavy atom. The van der Waals surface area contributed by atoms with E-state index in [-0.39, 0.29) is 12.1 Å². The lowest BCUT2D eigenvalue weighted by Gasteiger charge is -2.31. The minimum Gasteiger partial charge on any atom is -0.378 e. The molecular formula is C16H18N4O3. The third-order valence-electron chi connectivity index (χ3n) is 3.91. The molecule has 1 aliphatic heterocycles. The van der Waals surface area contributed by atoms with Gasteiger partial charge in [0.1, 0.15) is 12.2 Å². The molecule has 1 saturated heterocycles. The average Bonchev–Trinajstić information content (AvgIpc) is 2.60. The summed E-state index contributed by atoms with van der Waals surface area (Å²) in [5.41, 5.74) is 2.39. The minimum atomic E-state index is -0.286. The highest BCUT2D eigenvalue weighted by atomic mass is 16.5. The van der Waals surface area contributed by atoms with Crippen molar-refractivity contribution in [2.75, 3.05) is 31.2 Å². The van der Waals surface area contributed by atoms with Gasteiger partial charge in [0.15, 0.2) is 0 Å². The van der Waals surface area contributed by atoms with Crippen LogP contribution in [0, 0.1) is 4.91 Å². The van der Waals surface area contributed by atoms with Gasteiger partial charge in [-0.3, -0.25) is 4.79 Å². The van der Waals surface area contributed by atoms with Gasteiger partial charge in [0.05, 0.1) is 24.5 Å². The van der Waals surface area contributed by atoms with Crippen molar-refractivity contribution in [3.05, 3.63) is 51.2 Å². The summed E-state index contributed by atoms with van der Waals surface area (Å²) >= 11 is 0. The van der Waals surface area contributed by atoms with Gasteiger partial charge in [-0.05, 0) is 0 Å². The van der Waals surface area contributed by atoms with Gasteiger partial charge in [0, 0.05) is 25.7 Å². The number of nitrogens with zero attached hydrogens (tertiary/aromatic N) is 4. The smallest absolute Gasteiger partial charge is 0.273 e. The number of nitroso groups, excluding NO2 is 1. The van der Waals surface area contributed by atoms with Gasteiger partial charge in [-0.2, -0.15) is 10.0 Å². The van der Waals surface area contributed by atoms with Crippen LogP contribution in [0.5, 0.6) is 0 Å². The van der Waals surface area contributed by atoms with Crippen LogP contribution in [0.2, 0.25) is 0 Å². The fraction of sp³-hybridized carbons (Fsp3) is 0.375. The predicted octanol–water partition coefficient (Wildman–Crippen LogP) is 1.55. The first kappa shape index (κ1) is 15.4. The number of ether oxygens (including phenoxy) is 1. The van der Waals surface area contributed by atoms with Crippen LogP contribution in [0.4, 0.5) is 5.69 Å². The highest BCUT2D eigenvalue weighted by Gasteiger charge is 2.24. The Labute approximate surface area is 133 Å². The molecule has 1 aromatic heterocycles. The van der Waals surface area contributed by atoms with Gasteiger partial charge < -0.3 is 9.64 Å². The van der Waals surface area contributed by atoms with E-state index in [0.717, 1.165) is 5.56 Å². The zero-order valence-electron chi connectivity index (χ0n) is 12.9. The van der Waals surface area contributed by atoms with Crippen LogP contribution in [0.25, 0.3) is 11.3 Å². The van der Waals surface area contributed by atoms with E-state index in [2.05, 4.69) is 15.2 Å². The van der Waals surface area contributed by atoms with Crippen molar-refractivity contribution in [3.63, 3.8) is 0 Å². The standard InChI is InChI=1S/C16H18N4O3/c1-19-16(21)13(11-17-22)15(20-7-9-23-10-8-20)14(18-19)12-5-3-2-4-6-12/h2-6H,7-11H2,1H3. The molecule has 23 heavy (non-hydrogen) atoms. The first-order valence-corrected chi connectivity index (χ1v) is 7.50. The molecule has 7 heteroatoms. The summed E-state index contributed by atoms with van der Waals surface area (Å²) in [5.74, 6) is 0. The van der Waals surface area contributed by atoms with Gasteiger partial charge >= 0.3 is 0 Å². The summed E-state index contributed by atoms with van der Waals surface area (Å²) in [4.78, 5) is 25.4. The first-order valence-electron chi connectivity index (χ1n) is 7.50. The molecule has 0 atom stereocenters. The molecule has 1 aromatic carbocycles. The van der Waals surface area contributed by atoms with E-state index in [1.807, 2.05) is 30.3 Å². The number of benzene rings is 1. The van der Waals surface area contributed by atoms with Crippen LogP contribution in [-0.2, 0) is 18.3 Å². The summed E-state index contributed by atoms with van der Waals surface area (Å²) in [6.07, 6.45) is 0. The number of hydrogen-bond acceptors (Lipinski definition) is 6. The molecular weight excluding hydrogens is 296 g/mol. The van der Waals surface area contributed by atoms with Gasteiger partial charge in [-0.25, -0.2) is 4.68 Å². The normalized spacial score (nSPS) is 14.7. The van der Waals surface area contributed by atoms with Crippen molar-refractivity contribution in [3.8, 4) is 11.3 Å². The Bertz CT molecular complexity index is 752. The number of morpholine rings is 1. The van der Waals surface area contributed by atoms with Crippen molar-refractivity contribution >= 4 is 5.69 Å². The van der Waals surface area contributed by atoms with Crippen molar-refractivity contribution < 1.29 is 4.74 Å². The van der Waals surface area contributed by atoms with Crippen LogP contribution < -0.4 is 10.5 Å². The second-order valence-electron chi connectivity index (χ2n) is 5.36. The fourth-order valence-corrected chi connectivity index (χ4v) is 2.81. The maximum absolute atomic E-state index is 12.4. The molecule has 0 amide bonds.